The number of imidazole rings is 1. The summed E-state index contributed by atoms with van der Waals surface area (Å²) in [4.78, 5) is 12.6. The fourth-order valence-electron chi connectivity index (χ4n) is 5.48. The van der Waals surface area contributed by atoms with Gasteiger partial charge in [0.1, 0.15) is 5.75 Å². The minimum Gasteiger partial charge on any atom is -0.495 e. The molecule has 3 aromatic rings. The molecule has 6 nitrogen and oxygen atoms in total. The van der Waals surface area contributed by atoms with Crippen LogP contribution in [0.3, 0.4) is 0 Å². The van der Waals surface area contributed by atoms with Crippen molar-refractivity contribution in [2.45, 2.75) is 45.3 Å². The lowest BCUT2D eigenvalue weighted by Crippen LogP contribution is -2.51. The van der Waals surface area contributed by atoms with Crippen LogP contribution >= 0.6 is 0 Å². The van der Waals surface area contributed by atoms with Gasteiger partial charge in [-0.2, -0.15) is 0 Å². The van der Waals surface area contributed by atoms with Crippen LogP contribution in [-0.2, 0) is 10.6 Å². The molecule has 1 aliphatic carbocycles. The van der Waals surface area contributed by atoms with Gasteiger partial charge in [0.2, 0.25) is 5.72 Å². The number of oxime groups is 1. The van der Waals surface area contributed by atoms with E-state index in [4.69, 9.17) is 9.57 Å². The summed E-state index contributed by atoms with van der Waals surface area (Å²) in [5.74, 6) is -0.255. The number of aryl methyl sites for hydroxylation is 1. The molecule has 2 aromatic carbocycles. The SMILES string of the molecule is CCC1(c2ccc(F)c(F)c2)ON=C2/C(=C/c3ccc(-n4cnc(C)c4)c(OC)c3)CC3(CC3)CN21. The van der Waals surface area contributed by atoms with Gasteiger partial charge in [-0.25, -0.2) is 13.8 Å². The number of amidine groups is 1. The Labute approximate surface area is 208 Å². The third-order valence-corrected chi connectivity index (χ3v) is 7.66. The van der Waals surface area contributed by atoms with Crippen LogP contribution < -0.4 is 4.74 Å². The average Bonchev–Trinajstić information content (AvgIpc) is 3.29. The molecule has 36 heavy (non-hydrogen) atoms. The van der Waals surface area contributed by atoms with Crippen molar-refractivity contribution in [1.29, 1.82) is 0 Å². The normalized spacial score (nSPS) is 23.0. The number of hydrogen-bond acceptors (Lipinski definition) is 5. The topological polar surface area (TPSA) is 51.9 Å². The van der Waals surface area contributed by atoms with Gasteiger partial charge in [0, 0.05) is 24.7 Å². The third kappa shape index (κ3) is 3.58. The fraction of sp³-hybridized carbons (Fsp3) is 0.357. The van der Waals surface area contributed by atoms with Crippen LogP contribution in [0, 0.1) is 24.0 Å². The van der Waals surface area contributed by atoms with Crippen molar-refractivity contribution in [2.24, 2.45) is 10.6 Å². The second-order valence-electron chi connectivity index (χ2n) is 10.1. The number of nitrogens with zero attached hydrogens (tertiary/aromatic N) is 4. The summed E-state index contributed by atoms with van der Waals surface area (Å²) in [6.07, 6.45) is 9.54. The number of aromatic nitrogens is 2. The predicted octanol–water partition coefficient (Wildman–Crippen LogP) is 5.94. The number of benzene rings is 2. The van der Waals surface area contributed by atoms with Gasteiger partial charge in [-0.1, -0.05) is 18.1 Å². The average molecular weight is 491 g/mol. The Morgan fingerprint density at radius 2 is 1.97 bits per heavy atom. The zero-order valence-corrected chi connectivity index (χ0v) is 20.6. The Bertz CT molecular complexity index is 1410. The van der Waals surface area contributed by atoms with Gasteiger partial charge >= 0.3 is 0 Å². The molecule has 1 saturated heterocycles. The maximum absolute atomic E-state index is 14.2. The lowest BCUT2D eigenvalue weighted by atomic mass is 9.85. The van der Waals surface area contributed by atoms with E-state index in [9.17, 15) is 8.78 Å². The van der Waals surface area contributed by atoms with E-state index >= 15 is 0 Å². The molecule has 2 fully saturated rings. The number of hydrogen-bond donors (Lipinski definition) is 0. The molecule has 1 spiro atoms. The Balaban J connectivity index is 1.38. The van der Waals surface area contributed by atoms with Crippen LogP contribution in [0.25, 0.3) is 11.8 Å². The first-order chi connectivity index (χ1) is 17.4. The molecule has 0 N–H and O–H groups in total. The van der Waals surface area contributed by atoms with Crippen molar-refractivity contribution in [1.82, 2.24) is 14.5 Å². The lowest BCUT2D eigenvalue weighted by Gasteiger charge is -2.42. The molecular formula is C28H28F2N4O2. The molecule has 3 aliphatic rings. The van der Waals surface area contributed by atoms with Crippen LogP contribution in [0.15, 0.2) is 59.7 Å². The van der Waals surface area contributed by atoms with Crippen LogP contribution in [0.4, 0.5) is 8.78 Å². The smallest absolute Gasteiger partial charge is 0.237 e. The molecule has 0 amide bonds. The monoisotopic (exact) mass is 490 g/mol. The predicted molar refractivity (Wildman–Crippen MR) is 133 cm³/mol. The number of piperidine rings is 1. The highest BCUT2D eigenvalue weighted by molar-refractivity contribution is 6.04. The molecule has 1 aromatic heterocycles. The van der Waals surface area contributed by atoms with Crippen LogP contribution in [0.5, 0.6) is 5.75 Å². The van der Waals surface area contributed by atoms with Crippen LogP contribution in [-0.4, -0.2) is 33.9 Å². The van der Waals surface area contributed by atoms with Gasteiger partial charge < -0.3 is 19.0 Å². The Kier molecular flexibility index (Phi) is 5.17. The fourth-order valence-corrected chi connectivity index (χ4v) is 5.48. The van der Waals surface area contributed by atoms with Crippen molar-refractivity contribution in [3.63, 3.8) is 0 Å². The largest absolute Gasteiger partial charge is 0.495 e. The number of halogens is 2. The van der Waals surface area contributed by atoms with Crippen molar-refractivity contribution < 1.29 is 18.4 Å². The van der Waals surface area contributed by atoms with Gasteiger partial charge in [0.25, 0.3) is 0 Å². The zero-order chi connectivity index (χ0) is 25.1. The number of methoxy groups -OCH3 is 1. The highest BCUT2D eigenvalue weighted by Gasteiger charge is 2.57. The Hall–Kier alpha value is -3.68. The molecule has 1 atom stereocenters. The van der Waals surface area contributed by atoms with Gasteiger partial charge in [-0.05, 0) is 79.1 Å². The molecular weight excluding hydrogens is 462 g/mol. The third-order valence-electron chi connectivity index (χ3n) is 7.66. The Morgan fingerprint density at radius 3 is 2.64 bits per heavy atom. The molecule has 1 unspecified atom stereocenters. The first kappa shape index (κ1) is 22.8. The molecule has 1 saturated carbocycles. The van der Waals surface area contributed by atoms with E-state index in [1.165, 1.54) is 6.07 Å². The molecule has 186 valence electrons. The number of fused-ring (bicyclic) bond motifs is 1. The zero-order valence-electron chi connectivity index (χ0n) is 20.6. The molecule has 6 rings (SSSR count). The molecule has 8 heteroatoms. The van der Waals surface area contributed by atoms with Crippen molar-refractivity contribution >= 4 is 11.9 Å². The number of ether oxygens (including phenoxy) is 1. The van der Waals surface area contributed by atoms with Gasteiger partial charge in [-0.15, -0.1) is 0 Å². The van der Waals surface area contributed by atoms with Gasteiger partial charge in [0.05, 0.1) is 24.8 Å². The van der Waals surface area contributed by atoms with Crippen molar-refractivity contribution in [3.8, 4) is 11.4 Å². The summed E-state index contributed by atoms with van der Waals surface area (Å²) in [5, 5.41) is 4.51. The first-order valence-electron chi connectivity index (χ1n) is 12.3. The minimum atomic E-state index is -0.959. The van der Waals surface area contributed by atoms with Crippen LogP contribution in [0.2, 0.25) is 0 Å². The van der Waals surface area contributed by atoms with E-state index in [1.54, 1.807) is 19.5 Å². The van der Waals surface area contributed by atoms with Gasteiger partial charge in [0.15, 0.2) is 17.5 Å². The van der Waals surface area contributed by atoms with E-state index in [0.717, 1.165) is 66.0 Å². The standard InChI is InChI=1S/C28H28F2N4O2/c1-4-28(21-6-7-22(29)23(30)13-21)34-16-27(9-10-27)14-20(26(34)32-36-28)11-19-5-8-24(25(12-19)35-3)33-15-18(2)31-17-33/h5-8,11-13,15,17H,4,9-10,14,16H2,1-3H3/b20-11+. The summed E-state index contributed by atoms with van der Waals surface area (Å²) in [7, 11) is 1.66. The van der Waals surface area contributed by atoms with Crippen molar-refractivity contribution in [3.05, 3.63) is 83.0 Å². The summed E-state index contributed by atoms with van der Waals surface area (Å²) in [6, 6.07) is 10.1. The quantitative estimate of drug-likeness (QED) is 0.444. The molecule has 3 heterocycles. The second-order valence-corrected chi connectivity index (χ2v) is 10.1. The van der Waals surface area contributed by atoms with E-state index < -0.39 is 17.4 Å². The molecule has 0 radical (unpaired) electrons. The summed E-state index contributed by atoms with van der Waals surface area (Å²) >= 11 is 0. The van der Waals surface area contributed by atoms with E-state index in [0.29, 0.717) is 12.0 Å². The van der Waals surface area contributed by atoms with E-state index in [1.807, 2.05) is 36.7 Å². The Morgan fingerprint density at radius 1 is 1.14 bits per heavy atom. The number of rotatable bonds is 5. The van der Waals surface area contributed by atoms with Gasteiger partial charge in [-0.3, -0.25) is 0 Å². The lowest BCUT2D eigenvalue weighted by molar-refractivity contribution is -0.115. The maximum Gasteiger partial charge on any atom is 0.237 e. The van der Waals surface area contributed by atoms with E-state index in [-0.39, 0.29) is 5.41 Å². The second kappa shape index (κ2) is 8.18. The molecule has 0 bridgehead atoms. The summed E-state index contributed by atoms with van der Waals surface area (Å²) < 4.78 is 35.5. The molecule has 2 aliphatic heterocycles. The van der Waals surface area contributed by atoms with Crippen LogP contribution in [0.1, 0.15) is 49.4 Å². The highest BCUT2D eigenvalue weighted by atomic mass is 19.2. The first-order valence-corrected chi connectivity index (χ1v) is 12.3. The summed E-state index contributed by atoms with van der Waals surface area (Å²) in [5.41, 5.74) is 3.67. The minimum absolute atomic E-state index is 0.149. The van der Waals surface area contributed by atoms with E-state index in [2.05, 4.69) is 27.2 Å². The highest BCUT2D eigenvalue weighted by Crippen LogP contribution is 2.57. The maximum atomic E-state index is 14.2. The van der Waals surface area contributed by atoms with Crippen molar-refractivity contribution in [2.75, 3.05) is 13.7 Å². The summed E-state index contributed by atoms with van der Waals surface area (Å²) in [6.45, 7) is 4.71.